The molecular formula is C10H17N. The van der Waals surface area contributed by atoms with E-state index in [-0.39, 0.29) is 0 Å². The summed E-state index contributed by atoms with van der Waals surface area (Å²) >= 11 is 0. The van der Waals surface area contributed by atoms with Gasteiger partial charge < -0.3 is 0 Å². The van der Waals surface area contributed by atoms with Gasteiger partial charge in [-0.15, -0.1) is 5.92 Å². The van der Waals surface area contributed by atoms with E-state index in [0.29, 0.717) is 6.04 Å². The van der Waals surface area contributed by atoms with E-state index in [9.17, 15) is 0 Å². The highest BCUT2D eigenvalue weighted by atomic mass is 15.1. The predicted molar refractivity (Wildman–Crippen MR) is 48.3 cm³/mol. The maximum atomic E-state index is 3.19. The van der Waals surface area contributed by atoms with E-state index >= 15 is 0 Å². The Hall–Kier alpha value is -0.480. The molecule has 0 aromatic heterocycles. The molecule has 1 heterocycles. The highest BCUT2D eigenvalue weighted by Crippen LogP contribution is 2.04. The Morgan fingerprint density at radius 1 is 1.18 bits per heavy atom. The quantitative estimate of drug-likeness (QED) is 0.517. The Morgan fingerprint density at radius 3 is 2.73 bits per heavy atom. The van der Waals surface area contributed by atoms with Crippen molar-refractivity contribution in [3.05, 3.63) is 0 Å². The van der Waals surface area contributed by atoms with E-state index in [4.69, 9.17) is 0 Å². The van der Waals surface area contributed by atoms with Crippen molar-refractivity contribution in [3.8, 4) is 11.8 Å². The van der Waals surface area contributed by atoms with Gasteiger partial charge >= 0.3 is 0 Å². The first-order valence-electron chi connectivity index (χ1n) is 4.50. The molecule has 0 atom stereocenters. The minimum atomic E-state index is 0.655. The summed E-state index contributed by atoms with van der Waals surface area (Å²) in [5.41, 5.74) is 0. The van der Waals surface area contributed by atoms with Gasteiger partial charge in [0.15, 0.2) is 0 Å². The third kappa shape index (κ3) is 2.95. The average molecular weight is 151 g/mol. The van der Waals surface area contributed by atoms with Crippen LogP contribution in [-0.4, -0.2) is 24.0 Å². The van der Waals surface area contributed by atoms with Crippen molar-refractivity contribution in [2.24, 2.45) is 0 Å². The second-order valence-electron chi connectivity index (χ2n) is 3.37. The maximum absolute atomic E-state index is 3.19. The SMILES string of the molecule is CC(C)N1CC#CCCCC1. The molecule has 0 N–H and O–H groups in total. The van der Waals surface area contributed by atoms with Crippen molar-refractivity contribution < 1.29 is 0 Å². The highest BCUT2D eigenvalue weighted by Gasteiger charge is 2.07. The van der Waals surface area contributed by atoms with Crippen molar-refractivity contribution in [1.82, 2.24) is 4.90 Å². The fourth-order valence-electron chi connectivity index (χ4n) is 1.29. The molecule has 62 valence electrons. The first-order chi connectivity index (χ1) is 5.30. The molecule has 1 nitrogen and oxygen atoms in total. The van der Waals surface area contributed by atoms with Crippen LogP contribution in [0.25, 0.3) is 0 Å². The second kappa shape index (κ2) is 4.41. The Bertz CT molecular complexity index is 161. The summed E-state index contributed by atoms with van der Waals surface area (Å²) in [7, 11) is 0. The molecule has 0 aromatic rings. The number of hydrogen-bond donors (Lipinski definition) is 0. The lowest BCUT2D eigenvalue weighted by molar-refractivity contribution is 0.243. The lowest BCUT2D eigenvalue weighted by atomic mass is 10.2. The van der Waals surface area contributed by atoms with Crippen molar-refractivity contribution in [2.45, 2.75) is 39.2 Å². The molecule has 11 heavy (non-hydrogen) atoms. The van der Waals surface area contributed by atoms with Crippen LogP contribution in [0.5, 0.6) is 0 Å². The molecule has 0 radical (unpaired) electrons. The summed E-state index contributed by atoms with van der Waals surface area (Å²) in [6, 6.07) is 0.655. The summed E-state index contributed by atoms with van der Waals surface area (Å²) in [5, 5.41) is 0. The summed E-state index contributed by atoms with van der Waals surface area (Å²) < 4.78 is 0. The topological polar surface area (TPSA) is 3.24 Å². The monoisotopic (exact) mass is 151 g/mol. The Morgan fingerprint density at radius 2 is 2.00 bits per heavy atom. The Labute approximate surface area is 69.8 Å². The predicted octanol–water partition coefficient (Wildman–Crippen LogP) is 1.88. The van der Waals surface area contributed by atoms with Crippen molar-refractivity contribution >= 4 is 0 Å². The van der Waals surface area contributed by atoms with E-state index in [0.717, 1.165) is 13.0 Å². The van der Waals surface area contributed by atoms with Gasteiger partial charge in [-0.25, -0.2) is 0 Å². The van der Waals surface area contributed by atoms with E-state index in [1.54, 1.807) is 0 Å². The fraction of sp³-hybridized carbons (Fsp3) is 0.800. The van der Waals surface area contributed by atoms with Gasteiger partial charge in [0.1, 0.15) is 0 Å². The second-order valence-corrected chi connectivity index (χ2v) is 3.37. The van der Waals surface area contributed by atoms with Crippen molar-refractivity contribution in [3.63, 3.8) is 0 Å². The number of hydrogen-bond acceptors (Lipinski definition) is 1. The van der Waals surface area contributed by atoms with Crippen LogP contribution in [0.2, 0.25) is 0 Å². The van der Waals surface area contributed by atoms with E-state index in [1.165, 1.54) is 19.4 Å². The van der Waals surface area contributed by atoms with Crippen LogP contribution in [-0.2, 0) is 0 Å². The van der Waals surface area contributed by atoms with Crippen LogP contribution in [0, 0.1) is 11.8 Å². The molecule has 1 rings (SSSR count). The molecule has 0 unspecified atom stereocenters. The van der Waals surface area contributed by atoms with Crippen LogP contribution in [0.3, 0.4) is 0 Å². The average Bonchev–Trinajstić information content (AvgIpc) is 1.84. The maximum Gasteiger partial charge on any atom is 0.0603 e. The summed E-state index contributed by atoms with van der Waals surface area (Å²) in [4.78, 5) is 2.44. The zero-order valence-electron chi connectivity index (χ0n) is 7.56. The lowest BCUT2D eigenvalue weighted by Crippen LogP contribution is -2.32. The molecule has 0 amide bonds. The highest BCUT2D eigenvalue weighted by molar-refractivity contribution is 5.02. The first kappa shape index (κ1) is 8.62. The fourth-order valence-corrected chi connectivity index (χ4v) is 1.29. The van der Waals surface area contributed by atoms with Crippen LogP contribution >= 0.6 is 0 Å². The summed E-state index contributed by atoms with van der Waals surface area (Å²) in [6.07, 6.45) is 3.69. The van der Waals surface area contributed by atoms with Gasteiger partial charge in [-0.2, -0.15) is 0 Å². The lowest BCUT2D eigenvalue weighted by Gasteiger charge is -2.24. The van der Waals surface area contributed by atoms with Crippen LogP contribution in [0.4, 0.5) is 0 Å². The van der Waals surface area contributed by atoms with Gasteiger partial charge in [0, 0.05) is 12.5 Å². The zero-order valence-corrected chi connectivity index (χ0v) is 7.56. The van der Waals surface area contributed by atoms with Gasteiger partial charge in [-0.3, -0.25) is 4.90 Å². The molecule has 0 aliphatic carbocycles. The molecule has 1 aliphatic heterocycles. The Balaban J connectivity index is 2.43. The summed E-state index contributed by atoms with van der Waals surface area (Å²) in [5.74, 6) is 6.38. The van der Waals surface area contributed by atoms with Gasteiger partial charge in [-0.05, 0) is 33.2 Å². The molecule has 1 aliphatic rings. The van der Waals surface area contributed by atoms with E-state index in [2.05, 4.69) is 30.6 Å². The van der Waals surface area contributed by atoms with Crippen LogP contribution in [0.1, 0.15) is 33.1 Å². The molecular weight excluding hydrogens is 134 g/mol. The molecule has 0 saturated heterocycles. The number of rotatable bonds is 1. The summed E-state index contributed by atoms with van der Waals surface area (Å²) in [6.45, 7) is 6.68. The molecule has 0 saturated carbocycles. The van der Waals surface area contributed by atoms with Gasteiger partial charge in [0.25, 0.3) is 0 Å². The molecule has 0 bridgehead atoms. The largest absolute Gasteiger partial charge is 0.290 e. The van der Waals surface area contributed by atoms with E-state index in [1.807, 2.05) is 0 Å². The molecule has 0 spiro atoms. The normalized spacial score (nSPS) is 20.3. The van der Waals surface area contributed by atoms with Crippen molar-refractivity contribution in [1.29, 1.82) is 0 Å². The minimum absolute atomic E-state index is 0.655. The van der Waals surface area contributed by atoms with Crippen LogP contribution < -0.4 is 0 Å². The first-order valence-corrected chi connectivity index (χ1v) is 4.50. The zero-order chi connectivity index (χ0) is 8.10. The minimum Gasteiger partial charge on any atom is -0.290 e. The molecule has 0 fully saturated rings. The number of nitrogens with zero attached hydrogens (tertiary/aromatic N) is 1. The van der Waals surface area contributed by atoms with E-state index < -0.39 is 0 Å². The molecule has 1 heteroatoms. The van der Waals surface area contributed by atoms with Gasteiger partial charge in [0.2, 0.25) is 0 Å². The smallest absolute Gasteiger partial charge is 0.0603 e. The molecule has 0 aromatic carbocycles. The van der Waals surface area contributed by atoms with Gasteiger partial charge in [-0.1, -0.05) is 5.92 Å². The van der Waals surface area contributed by atoms with Crippen molar-refractivity contribution in [2.75, 3.05) is 13.1 Å². The standard InChI is InChI=1S/C10H17N/c1-10(2)11-8-6-4-3-5-7-9-11/h10H,3-4,6,8-9H2,1-2H3. The third-order valence-electron chi connectivity index (χ3n) is 2.13. The third-order valence-corrected chi connectivity index (χ3v) is 2.13. The van der Waals surface area contributed by atoms with Crippen LogP contribution in [0.15, 0.2) is 0 Å². The Kier molecular flexibility index (Phi) is 3.45. The van der Waals surface area contributed by atoms with Gasteiger partial charge in [0.05, 0.1) is 6.54 Å².